The number of hydrogen-bond acceptors (Lipinski definition) is 3. The molecular formula is C20H20BrNO2. The highest BCUT2D eigenvalue weighted by Crippen LogP contribution is 2.53. The molecule has 0 unspecified atom stereocenters. The van der Waals surface area contributed by atoms with Gasteiger partial charge < -0.3 is 14.8 Å². The Morgan fingerprint density at radius 3 is 2.62 bits per heavy atom. The van der Waals surface area contributed by atoms with Gasteiger partial charge in [-0.1, -0.05) is 36.4 Å². The summed E-state index contributed by atoms with van der Waals surface area (Å²) in [6.45, 7) is 0. The molecule has 0 amide bonds. The number of para-hydroxylation sites is 2. The Morgan fingerprint density at radius 2 is 1.83 bits per heavy atom. The molecule has 0 fully saturated rings. The van der Waals surface area contributed by atoms with Crippen molar-refractivity contribution in [3.05, 3.63) is 64.1 Å². The Balaban J connectivity index is 1.85. The van der Waals surface area contributed by atoms with Crippen molar-refractivity contribution in [2.45, 2.75) is 18.4 Å². The number of ether oxygens (including phenoxy) is 2. The fourth-order valence-corrected chi connectivity index (χ4v) is 4.54. The normalized spacial score (nSPS) is 24.0. The van der Waals surface area contributed by atoms with Crippen LogP contribution in [0.15, 0.2) is 53.0 Å². The van der Waals surface area contributed by atoms with Gasteiger partial charge in [0.05, 0.1) is 25.9 Å². The number of methoxy groups -OCH3 is 2. The summed E-state index contributed by atoms with van der Waals surface area (Å²) in [5.41, 5.74) is 3.69. The molecule has 3 nitrogen and oxygen atoms in total. The van der Waals surface area contributed by atoms with Gasteiger partial charge in [-0.25, -0.2) is 0 Å². The molecule has 0 saturated heterocycles. The highest BCUT2D eigenvalue weighted by atomic mass is 79.9. The Morgan fingerprint density at radius 1 is 1.04 bits per heavy atom. The molecule has 124 valence electrons. The topological polar surface area (TPSA) is 30.5 Å². The number of nitrogens with one attached hydrogen (secondary N) is 1. The van der Waals surface area contributed by atoms with E-state index in [0.717, 1.165) is 28.0 Å². The van der Waals surface area contributed by atoms with Crippen molar-refractivity contribution in [3.8, 4) is 11.5 Å². The molecular weight excluding hydrogens is 366 g/mol. The molecule has 3 atom stereocenters. The van der Waals surface area contributed by atoms with Crippen LogP contribution < -0.4 is 14.8 Å². The lowest BCUT2D eigenvalue weighted by molar-refractivity contribution is 0.341. The van der Waals surface area contributed by atoms with Crippen molar-refractivity contribution in [2.24, 2.45) is 5.92 Å². The predicted molar refractivity (Wildman–Crippen MR) is 100 cm³/mol. The van der Waals surface area contributed by atoms with Gasteiger partial charge in [-0.2, -0.15) is 0 Å². The minimum Gasteiger partial charge on any atom is -0.493 e. The molecule has 0 saturated carbocycles. The van der Waals surface area contributed by atoms with Crippen LogP contribution in [0.1, 0.15) is 29.5 Å². The summed E-state index contributed by atoms with van der Waals surface area (Å²) in [4.78, 5) is 0. The summed E-state index contributed by atoms with van der Waals surface area (Å²) < 4.78 is 12.3. The van der Waals surface area contributed by atoms with Crippen molar-refractivity contribution in [3.63, 3.8) is 0 Å². The molecule has 24 heavy (non-hydrogen) atoms. The summed E-state index contributed by atoms with van der Waals surface area (Å²) in [5, 5.41) is 3.76. The van der Waals surface area contributed by atoms with Crippen LogP contribution in [0.3, 0.4) is 0 Å². The van der Waals surface area contributed by atoms with Crippen molar-refractivity contribution < 1.29 is 9.47 Å². The van der Waals surface area contributed by atoms with Gasteiger partial charge in [0.15, 0.2) is 11.5 Å². The lowest BCUT2D eigenvalue weighted by Crippen LogP contribution is -2.29. The smallest absolute Gasteiger partial charge is 0.165 e. The van der Waals surface area contributed by atoms with Gasteiger partial charge >= 0.3 is 0 Å². The third-order valence-electron chi connectivity index (χ3n) is 5.11. The lowest BCUT2D eigenvalue weighted by atomic mass is 9.77. The first-order valence-corrected chi connectivity index (χ1v) is 8.96. The monoisotopic (exact) mass is 385 g/mol. The number of fused-ring (bicyclic) bond motifs is 3. The third-order valence-corrected chi connectivity index (χ3v) is 5.78. The van der Waals surface area contributed by atoms with Crippen LogP contribution in [0, 0.1) is 5.92 Å². The van der Waals surface area contributed by atoms with E-state index < -0.39 is 0 Å². The highest BCUT2D eigenvalue weighted by molar-refractivity contribution is 9.10. The van der Waals surface area contributed by atoms with E-state index in [-0.39, 0.29) is 6.04 Å². The van der Waals surface area contributed by atoms with Crippen molar-refractivity contribution in [1.29, 1.82) is 0 Å². The fourth-order valence-electron chi connectivity index (χ4n) is 4.05. The zero-order chi connectivity index (χ0) is 16.7. The number of rotatable bonds is 3. The van der Waals surface area contributed by atoms with E-state index in [4.69, 9.17) is 9.47 Å². The van der Waals surface area contributed by atoms with Gasteiger partial charge in [-0.05, 0) is 46.0 Å². The summed E-state index contributed by atoms with van der Waals surface area (Å²) in [5.74, 6) is 2.50. The van der Waals surface area contributed by atoms with Gasteiger partial charge in [0, 0.05) is 16.0 Å². The molecule has 0 aromatic heterocycles. The maximum absolute atomic E-state index is 5.69. The zero-order valence-corrected chi connectivity index (χ0v) is 15.3. The van der Waals surface area contributed by atoms with Crippen molar-refractivity contribution in [2.75, 3.05) is 19.5 Å². The number of halogens is 1. The van der Waals surface area contributed by atoms with Gasteiger partial charge in [0.1, 0.15) is 0 Å². The average molecular weight is 386 g/mol. The number of benzene rings is 2. The van der Waals surface area contributed by atoms with E-state index in [0.29, 0.717) is 11.8 Å². The van der Waals surface area contributed by atoms with Crippen LogP contribution in [0.4, 0.5) is 5.69 Å². The van der Waals surface area contributed by atoms with Crippen LogP contribution >= 0.6 is 15.9 Å². The van der Waals surface area contributed by atoms with E-state index >= 15 is 0 Å². The molecule has 2 aromatic carbocycles. The Bertz CT molecular complexity index is 802. The van der Waals surface area contributed by atoms with Crippen LogP contribution in [0.25, 0.3) is 0 Å². The average Bonchev–Trinajstić information content (AvgIpc) is 3.10. The Labute approximate surface area is 150 Å². The summed E-state index contributed by atoms with van der Waals surface area (Å²) in [7, 11) is 3.39. The van der Waals surface area contributed by atoms with E-state index in [2.05, 4.69) is 57.7 Å². The largest absolute Gasteiger partial charge is 0.493 e. The molecule has 0 radical (unpaired) electrons. The molecule has 1 aliphatic carbocycles. The highest BCUT2D eigenvalue weighted by Gasteiger charge is 2.39. The van der Waals surface area contributed by atoms with E-state index in [9.17, 15) is 0 Å². The molecule has 2 aliphatic rings. The van der Waals surface area contributed by atoms with Crippen LogP contribution in [0.2, 0.25) is 0 Å². The molecule has 0 spiro atoms. The Kier molecular flexibility index (Phi) is 4.01. The second-order valence-corrected chi connectivity index (χ2v) is 7.12. The van der Waals surface area contributed by atoms with Crippen LogP contribution in [-0.4, -0.2) is 14.2 Å². The maximum Gasteiger partial charge on any atom is 0.165 e. The second-order valence-electron chi connectivity index (χ2n) is 6.26. The molecule has 0 bridgehead atoms. The molecule has 4 rings (SSSR count). The number of allylic oxidation sites excluding steroid dienone is 2. The lowest BCUT2D eigenvalue weighted by Gasteiger charge is -2.38. The molecule has 4 heteroatoms. The Hall–Kier alpha value is -1.94. The maximum atomic E-state index is 5.69. The number of hydrogen-bond donors (Lipinski definition) is 1. The minimum atomic E-state index is 0.182. The summed E-state index contributed by atoms with van der Waals surface area (Å²) in [6, 6.07) is 12.7. The van der Waals surface area contributed by atoms with E-state index in [1.165, 1.54) is 11.3 Å². The molecule has 1 heterocycles. The molecule has 1 N–H and O–H groups in total. The minimum absolute atomic E-state index is 0.182. The van der Waals surface area contributed by atoms with Crippen LogP contribution in [-0.2, 0) is 0 Å². The predicted octanol–water partition coefficient (Wildman–Crippen LogP) is 5.29. The van der Waals surface area contributed by atoms with E-state index in [1.54, 1.807) is 14.2 Å². The molecule has 2 aromatic rings. The first-order valence-electron chi connectivity index (χ1n) is 8.17. The third kappa shape index (κ3) is 2.32. The molecule has 1 aliphatic heterocycles. The van der Waals surface area contributed by atoms with E-state index in [1.807, 2.05) is 12.1 Å². The van der Waals surface area contributed by atoms with Crippen molar-refractivity contribution in [1.82, 2.24) is 0 Å². The van der Waals surface area contributed by atoms with Gasteiger partial charge in [-0.3, -0.25) is 0 Å². The SMILES string of the molecule is COc1cccc([C@@H]2Nc3c(Br)cccc3[C@H]3C=CC[C@H]32)c1OC. The van der Waals surface area contributed by atoms with Crippen LogP contribution in [0.5, 0.6) is 11.5 Å². The fraction of sp³-hybridized carbons (Fsp3) is 0.300. The first-order chi connectivity index (χ1) is 11.7. The zero-order valence-electron chi connectivity index (χ0n) is 13.8. The quantitative estimate of drug-likeness (QED) is 0.727. The first kappa shape index (κ1) is 15.6. The van der Waals surface area contributed by atoms with Gasteiger partial charge in [0.25, 0.3) is 0 Å². The summed E-state index contributed by atoms with van der Waals surface area (Å²) >= 11 is 3.70. The standard InChI is InChI=1S/C20H20BrNO2/c1-23-17-11-5-9-15(20(17)24-2)18-13-7-3-6-12(13)14-8-4-10-16(21)19(14)22-18/h3-6,8-13,18,22H,7H2,1-2H3/t12-,13+,18+/m0/s1. The van der Waals surface area contributed by atoms with Gasteiger partial charge in [0.2, 0.25) is 0 Å². The number of anilines is 1. The van der Waals surface area contributed by atoms with Crippen molar-refractivity contribution >= 4 is 21.6 Å². The summed E-state index contributed by atoms with van der Waals surface area (Å²) in [6.07, 6.45) is 5.71. The second kappa shape index (κ2) is 6.17. The van der Waals surface area contributed by atoms with Gasteiger partial charge in [-0.15, -0.1) is 0 Å².